The summed E-state index contributed by atoms with van der Waals surface area (Å²) in [7, 11) is 3.96. The number of fused-ring (bicyclic) bond motifs is 3. The van der Waals surface area contributed by atoms with Gasteiger partial charge >= 0.3 is 5.97 Å². The molecular formula is C16H15NO2. The SMILES string of the molecule is CN(C)[C@H]1c2ccccc2-c2cccc(C(=O)O)c21. The van der Waals surface area contributed by atoms with Gasteiger partial charge in [-0.1, -0.05) is 36.4 Å². The van der Waals surface area contributed by atoms with E-state index in [1.165, 1.54) is 5.56 Å². The zero-order valence-corrected chi connectivity index (χ0v) is 10.9. The van der Waals surface area contributed by atoms with Crippen LogP contribution in [0.15, 0.2) is 42.5 Å². The van der Waals surface area contributed by atoms with Gasteiger partial charge in [0.1, 0.15) is 0 Å². The van der Waals surface area contributed by atoms with E-state index in [2.05, 4.69) is 17.0 Å². The van der Waals surface area contributed by atoms with Crippen LogP contribution in [0.25, 0.3) is 11.1 Å². The lowest BCUT2D eigenvalue weighted by Gasteiger charge is -2.22. The van der Waals surface area contributed by atoms with E-state index >= 15 is 0 Å². The summed E-state index contributed by atoms with van der Waals surface area (Å²) in [4.78, 5) is 13.5. The van der Waals surface area contributed by atoms with Crippen molar-refractivity contribution in [1.29, 1.82) is 0 Å². The standard InChI is InChI=1S/C16H15NO2/c1-17(2)15-12-7-4-3-6-10(12)11-8-5-9-13(14(11)15)16(18)19/h3-9,15H,1-2H3,(H,18,19)/t15-/m0/s1. The molecule has 1 aliphatic carbocycles. The molecule has 0 saturated carbocycles. The Labute approximate surface area is 112 Å². The maximum Gasteiger partial charge on any atom is 0.336 e. The second-order valence-corrected chi connectivity index (χ2v) is 5.03. The highest BCUT2D eigenvalue weighted by Crippen LogP contribution is 2.46. The van der Waals surface area contributed by atoms with E-state index < -0.39 is 5.97 Å². The number of hydrogen-bond acceptors (Lipinski definition) is 2. The van der Waals surface area contributed by atoms with E-state index in [4.69, 9.17) is 0 Å². The molecule has 2 aromatic carbocycles. The molecule has 0 spiro atoms. The van der Waals surface area contributed by atoms with Crippen LogP contribution in [0.1, 0.15) is 27.5 Å². The molecule has 2 aromatic rings. The van der Waals surface area contributed by atoms with E-state index in [9.17, 15) is 9.90 Å². The number of nitrogens with zero attached hydrogens (tertiary/aromatic N) is 1. The largest absolute Gasteiger partial charge is 0.478 e. The molecule has 1 aliphatic rings. The average molecular weight is 253 g/mol. The lowest BCUT2D eigenvalue weighted by molar-refractivity contribution is 0.0694. The normalized spacial score (nSPS) is 16.3. The van der Waals surface area contributed by atoms with Crippen LogP contribution in [-0.4, -0.2) is 30.1 Å². The van der Waals surface area contributed by atoms with Crippen LogP contribution in [0.5, 0.6) is 0 Å². The molecule has 96 valence electrons. The van der Waals surface area contributed by atoms with Crippen molar-refractivity contribution < 1.29 is 9.90 Å². The molecule has 3 rings (SSSR count). The number of carboxylic acids is 1. The molecule has 0 radical (unpaired) electrons. The molecule has 1 atom stereocenters. The molecule has 0 fully saturated rings. The number of aromatic carboxylic acids is 1. The Morgan fingerprint density at radius 3 is 2.42 bits per heavy atom. The van der Waals surface area contributed by atoms with Crippen molar-refractivity contribution in [3.05, 3.63) is 59.2 Å². The monoisotopic (exact) mass is 253 g/mol. The van der Waals surface area contributed by atoms with Crippen molar-refractivity contribution in [2.24, 2.45) is 0 Å². The van der Waals surface area contributed by atoms with Crippen molar-refractivity contribution in [3.63, 3.8) is 0 Å². The molecular weight excluding hydrogens is 238 g/mol. The van der Waals surface area contributed by atoms with E-state index in [0.29, 0.717) is 5.56 Å². The Bertz CT molecular complexity index is 662. The highest BCUT2D eigenvalue weighted by Gasteiger charge is 2.33. The highest BCUT2D eigenvalue weighted by atomic mass is 16.4. The second kappa shape index (κ2) is 4.21. The quantitative estimate of drug-likeness (QED) is 0.894. The number of carboxylic acid groups (broad SMARTS) is 1. The molecule has 0 aliphatic heterocycles. The second-order valence-electron chi connectivity index (χ2n) is 5.03. The van der Waals surface area contributed by atoms with Gasteiger partial charge in [0.25, 0.3) is 0 Å². The fourth-order valence-corrected chi connectivity index (χ4v) is 2.95. The smallest absolute Gasteiger partial charge is 0.336 e. The third kappa shape index (κ3) is 1.66. The first-order valence-electron chi connectivity index (χ1n) is 6.23. The van der Waals surface area contributed by atoms with Gasteiger partial charge in [-0.15, -0.1) is 0 Å². The third-order valence-corrected chi connectivity index (χ3v) is 3.67. The number of carbonyl (C=O) groups is 1. The van der Waals surface area contributed by atoms with Crippen LogP contribution >= 0.6 is 0 Å². The van der Waals surface area contributed by atoms with Crippen LogP contribution in [0, 0.1) is 0 Å². The average Bonchev–Trinajstić information content (AvgIpc) is 2.72. The van der Waals surface area contributed by atoms with E-state index in [-0.39, 0.29) is 6.04 Å². The molecule has 0 heterocycles. The Morgan fingerprint density at radius 2 is 1.74 bits per heavy atom. The van der Waals surface area contributed by atoms with E-state index in [0.717, 1.165) is 16.7 Å². The van der Waals surface area contributed by atoms with Crippen LogP contribution in [0.4, 0.5) is 0 Å². The predicted molar refractivity (Wildman–Crippen MR) is 74.4 cm³/mol. The van der Waals surface area contributed by atoms with Gasteiger partial charge in [-0.2, -0.15) is 0 Å². The molecule has 3 nitrogen and oxygen atoms in total. The Balaban J connectivity index is 2.34. The number of benzene rings is 2. The minimum atomic E-state index is -0.864. The summed E-state index contributed by atoms with van der Waals surface area (Å²) in [6.07, 6.45) is 0. The van der Waals surface area contributed by atoms with Gasteiger partial charge in [0.2, 0.25) is 0 Å². The maximum absolute atomic E-state index is 11.5. The zero-order chi connectivity index (χ0) is 13.6. The van der Waals surface area contributed by atoms with Crippen molar-refractivity contribution >= 4 is 5.97 Å². The maximum atomic E-state index is 11.5. The highest BCUT2D eigenvalue weighted by molar-refractivity contribution is 5.95. The van der Waals surface area contributed by atoms with Gasteiger partial charge in [0.05, 0.1) is 11.6 Å². The Morgan fingerprint density at radius 1 is 1.05 bits per heavy atom. The summed E-state index contributed by atoms with van der Waals surface area (Å²) in [5, 5.41) is 9.41. The lowest BCUT2D eigenvalue weighted by atomic mass is 9.98. The third-order valence-electron chi connectivity index (χ3n) is 3.67. The fourth-order valence-electron chi connectivity index (χ4n) is 2.95. The summed E-state index contributed by atoms with van der Waals surface area (Å²) in [5.74, 6) is -0.864. The predicted octanol–water partition coefficient (Wildman–Crippen LogP) is 3.02. The van der Waals surface area contributed by atoms with Crippen LogP contribution in [0.3, 0.4) is 0 Å². The minimum Gasteiger partial charge on any atom is -0.478 e. The van der Waals surface area contributed by atoms with Gasteiger partial charge in [0, 0.05) is 0 Å². The minimum absolute atomic E-state index is 0.0125. The van der Waals surface area contributed by atoms with Gasteiger partial charge in [0.15, 0.2) is 0 Å². The summed E-state index contributed by atoms with van der Waals surface area (Å²) >= 11 is 0. The summed E-state index contributed by atoms with van der Waals surface area (Å²) in [6.45, 7) is 0. The van der Waals surface area contributed by atoms with Crippen LogP contribution < -0.4 is 0 Å². The molecule has 19 heavy (non-hydrogen) atoms. The molecule has 3 heteroatoms. The van der Waals surface area contributed by atoms with Crippen molar-refractivity contribution in [1.82, 2.24) is 4.90 Å². The molecule has 0 amide bonds. The lowest BCUT2D eigenvalue weighted by Crippen LogP contribution is -2.21. The molecule has 0 saturated heterocycles. The Hall–Kier alpha value is -2.13. The zero-order valence-electron chi connectivity index (χ0n) is 10.9. The summed E-state index contributed by atoms with van der Waals surface area (Å²) in [6, 6.07) is 13.6. The summed E-state index contributed by atoms with van der Waals surface area (Å²) in [5.41, 5.74) is 4.65. The molecule has 0 unspecified atom stereocenters. The Kier molecular flexibility index (Phi) is 2.64. The van der Waals surface area contributed by atoms with Gasteiger partial charge in [-0.05, 0) is 42.4 Å². The van der Waals surface area contributed by atoms with Gasteiger partial charge in [-0.25, -0.2) is 4.79 Å². The topological polar surface area (TPSA) is 40.5 Å². The van der Waals surface area contributed by atoms with E-state index in [1.807, 2.05) is 38.4 Å². The van der Waals surface area contributed by atoms with Gasteiger partial charge in [-0.3, -0.25) is 4.90 Å². The van der Waals surface area contributed by atoms with E-state index in [1.54, 1.807) is 6.07 Å². The van der Waals surface area contributed by atoms with Crippen molar-refractivity contribution in [2.45, 2.75) is 6.04 Å². The van der Waals surface area contributed by atoms with Crippen molar-refractivity contribution in [2.75, 3.05) is 14.1 Å². The fraction of sp³-hybridized carbons (Fsp3) is 0.188. The van der Waals surface area contributed by atoms with Crippen molar-refractivity contribution in [3.8, 4) is 11.1 Å². The molecule has 0 bridgehead atoms. The van der Waals surface area contributed by atoms with Gasteiger partial charge < -0.3 is 5.11 Å². The van der Waals surface area contributed by atoms with Crippen LogP contribution in [0.2, 0.25) is 0 Å². The first kappa shape index (κ1) is 11.9. The first-order chi connectivity index (χ1) is 9.11. The molecule has 0 aromatic heterocycles. The van der Waals surface area contributed by atoms with Crippen LogP contribution in [-0.2, 0) is 0 Å². The molecule has 1 N–H and O–H groups in total. The number of rotatable bonds is 2. The summed E-state index contributed by atoms with van der Waals surface area (Å²) < 4.78 is 0. The number of hydrogen-bond donors (Lipinski definition) is 1. The first-order valence-corrected chi connectivity index (χ1v) is 6.23.